The maximum Gasteiger partial charge on any atom is 0.419 e. The number of hydrogen-bond donors (Lipinski definition) is 0. The average Bonchev–Trinajstić information content (AvgIpc) is 2.98. The second-order valence-electron chi connectivity index (χ2n) is 10.2. The van der Waals surface area contributed by atoms with E-state index in [1.165, 1.54) is 0 Å². The van der Waals surface area contributed by atoms with Gasteiger partial charge in [-0.15, -0.1) is 0 Å². The summed E-state index contributed by atoms with van der Waals surface area (Å²) >= 11 is 0. The quantitative estimate of drug-likeness (QED) is 0.640. The zero-order valence-electron chi connectivity index (χ0n) is 19.0. The van der Waals surface area contributed by atoms with Gasteiger partial charge in [-0.3, -0.25) is 4.57 Å². The molecule has 30 heavy (non-hydrogen) atoms. The molecule has 0 saturated carbocycles. The van der Waals surface area contributed by atoms with Crippen LogP contribution in [0.3, 0.4) is 0 Å². The molecule has 1 fully saturated rings. The minimum absolute atomic E-state index is 0.247. The lowest BCUT2D eigenvalue weighted by molar-refractivity contribution is 0.0166. The van der Waals surface area contributed by atoms with Crippen molar-refractivity contribution >= 4 is 23.1 Å². The Bertz CT molecular complexity index is 917. The lowest BCUT2D eigenvalue weighted by atomic mass is 9.91. The van der Waals surface area contributed by atoms with Crippen LogP contribution in [0.5, 0.6) is 0 Å². The molecule has 1 amide bonds. The Morgan fingerprint density at radius 3 is 2.30 bits per heavy atom. The molecule has 0 N–H and O–H groups in total. The molecule has 3 rings (SSSR count). The molecule has 6 heteroatoms. The summed E-state index contributed by atoms with van der Waals surface area (Å²) in [4.78, 5) is 27.0. The number of fused-ring (bicyclic) bond motifs is 1. The van der Waals surface area contributed by atoms with E-state index >= 15 is 0 Å². The van der Waals surface area contributed by atoms with E-state index in [0.29, 0.717) is 12.5 Å². The van der Waals surface area contributed by atoms with Crippen LogP contribution in [0.4, 0.5) is 9.59 Å². The topological polar surface area (TPSA) is 60.8 Å². The molecule has 0 bridgehead atoms. The molecule has 2 aromatic rings. The second-order valence-corrected chi connectivity index (χ2v) is 10.2. The molecule has 1 atom stereocenters. The summed E-state index contributed by atoms with van der Waals surface area (Å²) in [5.74, 6) is 0.323. The Balaban J connectivity index is 1.79. The van der Waals surface area contributed by atoms with Gasteiger partial charge in [0.15, 0.2) is 0 Å². The van der Waals surface area contributed by atoms with Crippen molar-refractivity contribution in [3.8, 4) is 0 Å². The molecule has 0 unspecified atom stereocenters. The highest BCUT2D eigenvalue weighted by molar-refractivity contribution is 5.92. The van der Waals surface area contributed by atoms with E-state index in [4.69, 9.17) is 9.47 Å². The molecule has 1 aliphatic rings. The number of piperidine rings is 1. The largest absolute Gasteiger partial charge is 0.444 e. The van der Waals surface area contributed by atoms with Crippen molar-refractivity contribution in [1.82, 2.24) is 9.47 Å². The summed E-state index contributed by atoms with van der Waals surface area (Å²) in [6.45, 7) is 12.7. The van der Waals surface area contributed by atoms with Gasteiger partial charge in [0.25, 0.3) is 0 Å². The lowest BCUT2D eigenvalue weighted by Gasteiger charge is -2.34. The van der Waals surface area contributed by atoms with Gasteiger partial charge in [0.2, 0.25) is 0 Å². The predicted octanol–water partition coefficient (Wildman–Crippen LogP) is 5.61. The fraction of sp³-hybridized carbons (Fsp3) is 0.583. The highest BCUT2D eigenvalue weighted by Gasteiger charge is 2.29. The smallest absolute Gasteiger partial charge is 0.419 e. The summed E-state index contributed by atoms with van der Waals surface area (Å²) in [7, 11) is 0. The molecule has 1 aromatic heterocycles. The van der Waals surface area contributed by atoms with E-state index < -0.39 is 11.2 Å². The van der Waals surface area contributed by atoms with Crippen LogP contribution in [-0.2, 0) is 15.9 Å². The standard InChI is InChI=1S/C24H34N2O4/c1-23(2,3)29-21(27)25-13-9-10-17(15-25)14-18-16-26(22(28)30-24(4,5)6)20-12-8-7-11-19(18)20/h7-8,11-12,16-17H,9-10,13-15H2,1-6H3/t17-/m0/s1. The Kier molecular flexibility index (Phi) is 6.16. The minimum atomic E-state index is -0.556. The molecule has 0 spiro atoms. The van der Waals surface area contributed by atoms with E-state index in [9.17, 15) is 9.59 Å². The number of carbonyl (C=O) groups excluding carboxylic acids is 2. The number of aromatic nitrogens is 1. The van der Waals surface area contributed by atoms with Crippen LogP contribution in [0, 0.1) is 5.92 Å². The first-order valence-electron chi connectivity index (χ1n) is 10.7. The zero-order valence-corrected chi connectivity index (χ0v) is 19.0. The van der Waals surface area contributed by atoms with Gasteiger partial charge in [-0.05, 0) is 78.4 Å². The number of para-hydroxylation sites is 1. The van der Waals surface area contributed by atoms with Crippen molar-refractivity contribution in [2.24, 2.45) is 5.92 Å². The van der Waals surface area contributed by atoms with Gasteiger partial charge in [-0.25, -0.2) is 9.59 Å². The number of carbonyl (C=O) groups is 2. The van der Waals surface area contributed by atoms with Crippen LogP contribution >= 0.6 is 0 Å². The van der Waals surface area contributed by atoms with Gasteiger partial charge in [0.05, 0.1) is 5.52 Å². The van der Waals surface area contributed by atoms with Crippen molar-refractivity contribution in [3.05, 3.63) is 36.0 Å². The van der Waals surface area contributed by atoms with Crippen LogP contribution in [-0.4, -0.2) is 45.9 Å². The number of rotatable bonds is 2. The van der Waals surface area contributed by atoms with E-state index in [1.54, 1.807) is 4.57 Å². The first-order valence-corrected chi connectivity index (χ1v) is 10.7. The van der Waals surface area contributed by atoms with Crippen molar-refractivity contribution in [2.75, 3.05) is 13.1 Å². The van der Waals surface area contributed by atoms with Gasteiger partial charge in [-0.1, -0.05) is 18.2 Å². The monoisotopic (exact) mass is 414 g/mol. The van der Waals surface area contributed by atoms with Crippen molar-refractivity contribution in [2.45, 2.75) is 72.0 Å². The summed E-state index contributed by atoms with van der Waals surface area (Å²) in [5.41, 5.74) is 0.902. The maximum absolute atomic E-state index is 12.7. The van der Waals surface area contributed by atoms with Crippen molar-refractivity contribution in [1.29, 1.82) is 0 Å². The van der Waals surface area contributed by atoms with Crippen molar-refractivity contribution in [3.63, 3.8) is 0 Å². The zero-order chi connectivity index (χ0) is 22.1. The minimum Gasteiger partial charge on any atom is -0.444 e. The van der Waals surface area contributed by atoms with Gasteiger partial charge in [-0.2, -0.15) is 0 Å². The van der Waals surface area contributed by atoms with E-state index in [0.717, 1.165) is 42.3 Å². The highest BCUT2D eigenvalue weighted by Crippen LogP contribution is 2.28. The Hall–Kier alpha value is -2.50. The number of benzene rings is 1. The third-order valence-corrected chi connectivity index (χ3v) is 5.06. The van der Waals surface area contributed by atoms with Crippen LogP contribution in [0.15, 0.2) is 30.5 Å². The SMILES string of the molecule is CC(C)(C)OC(=O)N1CCC[C@@H](Cc2cn(C(=O)OC(C)(C)C)c3ccccc23)C1. The molecule has 1 aliphatic heterocycles. The summed E-state index contributed by atoms with van der Waals surface area (Å²) in [6, 6.07) is 7.90. The summed E-state index contributed by atoms with van der Waals surface area (Å²) in [6.07, 6.45) is 4.08. The molecule has 0 radical (unpaired) electrons. The molecule has 1 saturated heterocycles. The number of hydrogen-bond acceptors (Lipinski definition) is 4. The number of nitrogens with zero attached hydrogens (tertiary/aromatic N) is 2. The number of amides is 1. The lowest BCUT2D eigenvalue weighted by Crippen LogP contribution is -2.43. The first-order chi connectivity index (χ1) is 13.9. The molecule has 1 aromatic carbocycles. The fourth-order valence-corrected chi connectivity index (χ4v) is 3.91. The van der Waals surface area contributed by atoms with Crippen LogP contribution in [0.1, 0.15) is 59.9 Å². The van der Waals surface area contributed by atoms with Crippen LogP contribution < -0.4 is 0 Å². The Morgan fingerprint density at radius 2 is 1.63 bits per heavy atom. The molecule has 164 valence electrons. The third kappa shape index (κ3) is 5.55. The van der Waals surface area contributed by atoms with E-state index in [2.05, 4.69) is 0 Å². The van der Waals surface area contributed by atoms with Crippen molar-refractivity contribution < 1.29 is 19.1 Å². The van der Waals surface area contributed by atoms with E-state index in [-0.39, 0.29) is 12.2 Å². The Labute approximate surface area is 179 Å². The third-order valence-electron chi connectivity index (χ3n) is 5.06. The normalized spacial score (nSPS) is 17.8. The summed E-state index contributed by atoms with van der Waals surface area (Å²) < 4.78 is 12.7. The van der Waals surface area contributed by atoms with Gasteiger partial charge >= 0.3 is 12.2 Å². The number of likely N-dealkylation sites (tertiary alicyclic amines) is 1. The fourth-order valence-electron chi connectivity index (χ4n) is 3.91. The number of ether oxygens (including phenoxy) is 2. The van der Waals surface area contributed by atoms with Gasteiger partial charge < -0.3 is 14.4 Å². The summed E-state index contributed by atoms with van der Waals surface area (Å²) in [5, 5.41) is 1.05. The molecule has 2 heterocycles. The van der Waals surface area contributed by atoms with Crippen LogP contribution in [0.2, 0.25) is 0 Å². The first kappa shape index (κ1) is 22.2. The second kappa shape index (κ2) is 8.32. The molecular formula is C24H34N2O4. The van der Waals surface area contributed by atoms with Gasteiger partial charge in [0.1, 0.15) is 11.2 Å². The molecule has 6 nitrogen and oxygen atoms in total. The maximum atomic E-state index is 12.7. The Morgan fingerprint density at radius 1 is 1.00 bits per heavy atom. The van der Waals surface area contributed by atoms with Crippen LogP contribution in [0.25, 0.3) is 10.9 Å². The predicted molar refractivity (Wildman–Crippen MR) is 118 cm³/mol. The van der Waals surface area contributed by atoms with Gasteiger partial charge in [0, 0.05) is 24.7 Å². The average molecular weight is 415 g/mol. The molecule has 0 aliphatic carbocycles. The highest BCUT2D eigenvalue weighted by atomic mass is 16.6. The molecular weight excluding hydrogens is 380 g/mol. The van der Waals surface area contributed by atoms with E-state index in [1.807, 2.05) is 76.9 Å².